The molecule has 1 heterocycles. The first-order valence-corrected chi connectivity index (χ1v) is 10.2. The average Bonchev–Trinajstić information content (AvgIpc) is 3.17. The highest BCUT2D eigenvalue weighted by atomic mass is 32.2. The smallest absolute Gasteiger partial charge is 0.243 e. The SMILES string of the molecule is CN(CC(=O)Nc1ccccc1N1CCCC1)S(=O)(=O)c1ccc(F)cc1. The summed E-state index contributed by atoms with van der Waals surface area (Å²) in [5.41, 5.74) is 1.60. The number of halogens is 1. The molecule has 1 aliphatic heterocycles. The van der Waals surface area contributed by atoms with Gasteiger partial charge in [0.05, 0.1) is 22.8 Å². The Bertz CT molecular complexity index is 910. The highest BCUT2D eigenvalue weighted by Crippen LogP contribution is 2.28. The van der Waals surface area contributed by atoms with Crippen LogP contribution >= 0.6 is 0 Å². The lowest BCUT2D eigenvalue weighted by molar-refractivity contribution is -0.116. The summed E-state index contributed by atoms with van der Waals surface area (Å²) in [6.45, 7) is 1.53. The maximum Gasteiger partial charge on any atom is 0.243 e. The molecular formula is C19H22FN3O3S. The van der Waals surface area contributed by atoms with Crippen LogP contribution in [0.5, 0.6) is 0 Å². The quantitative estimate of drug-likeness (QED) is 0.822. The minimum absolute atomic E-state index is 0.0586. The lowest BCUT2D eigenvalue weighted by Crippen LogP contribution is -2.35. The molecule has 1 fully saturated rings. The van der Waals surface area contributed by atoms with Gasteiger partial charge in [0.25, 0.3) is 0 Å². The molecule has 0 aliphatic carbocycles. The number of likely N-dealkylation sites (N-methyl/N-ethyl adjacent to an activating group) is 1. The third-order valence-corrected chi connectivity index (χ3v) is 6.33. The van der Waals surface area contributed by atoms with Crippen molar-refractivity contribution in [3.05, 3.63) is 54.3 Å². The average molecular weight is 391 g/mol. The molecule has 6 nitrogen and oxygen atoms in total. The van der Waals surface area contributed by atoms with Crippen LogP contribution in [0.3, 0.4) is 0 Å². The van der Waals surface area contributed by atoms with Crippen LogP contribution in [0, 0.1) is 5.82 Å². The second-order valence-corrected chi connectivity index (χ2v) is 8.52. The molecule has 1 aliphatic rings. The second kappa shape index (κ2) is 8.06. The normalized spacial score (nSPS) is 14.6. The van der Waals surface area contributed by atoms with Gasteiger partial charge in [0.15, 0.2) is 0 Å². The molecule has 144 valence electrons. The van der Waals surface area contributed by atoms with E-state index in [1.807, 2.05) is 18.2 Å². The number of nitrogens with one attached hydrogen (secondary N) is 1. The highest BCUT2D eigenvalue weighted by Gasteiger charge is 2.24. The minimum Gasteiger partial charge on any atom is -0.370 e. The van der Waals surface area contributed by atoms with Crippen molar-refractivity contribution in [3.63, 3.8) is 0 Å². The third kappa shape index (κ3) is 4.45. The number of carbonyl (C=O) groups is 1. The van der Waals surface area contributed by atoms with Gasteiger partial charge in [-0.3, -0.25) is 4.79 Å². The molecule has 1 amide bonds. The Morgan fingerprint density at radius 3 is 2.41 bits per heavy atom. The molecule has 2 aromatic rings. The van der Waals surface area contributed by atoms with Gasteiger partial charge in [-0.25, -0.2) is 12.8 Å². The topological polar surface area (TPSA) is 69.7 Å². The molecule has 8 heteroatoms. The van der Waals surface area contributed by atoms with Gasteiger partial charge >= 0.3 is 0 Å². The van der Waals surface area contributed by atoms with Crippen molar-refractivity contribution in [2.45, 2.75) is 17.7 Å². The van der Waals surface area contributed by atoms with Gasteiger partial charge in [0.2, 0.25) is 15.9 Å². The van der Waals surface area contributed by atoms with Crippen LogP contribution in [0.1, 0.15) is 12.8 Å². The maximum absolute atomic E-state index is 13.0. The fourth-order valence-electron chi connectivity index (χ4n) is 3.08. The van der Waals surface area contributed by atoms with Gasteiger partial charge in [0, 0.05) is 20.1 Å². The molecule has 3 rings (SSSR count). The number of nitrogens with zero attached hydrogens (tertiary/aromatic N) is 2. The van der Waals surface area contributed by atoms with E-state index < -0.39 is 21.7 Å². The van der Waals surface area contributed by atoms with E-state index in [2.05, 4.69) is 10.2 Å². The number of benzene rings is 2. The van der Waals surface area contributed by atoms with Crippen LogP contribution in [0.2, 0.25) is 0 Å². The Kier molecular flexibility index (Phi) is 5.76. The zero-order valence-electron chi connectivity index (χ0n) is 15.1. The lowest BCUT2D eigenvalue weighted by atomic mass is 10.2. The lowest BCUT2D eigenvalue weighted by Gasteiger charge is -2.22. The number of hydrogen-bond acceptors (Lipinski definition) is 4. The minimum atomic E-state index is -3.87. The van der Waals surface area contributed by atoms with Crippen LogP contribution in [-0.4, -0.2) is 45.3 Å². The Hall–Kier alpha value is -2.45. The molecule has 0 spiro atoms. The number of carbonyl (C=O) groups excluding carboxylic acids is 1. The summed E-state index contributed by atoms with van der Waals surface area (Å²) in [6, 6.07) is 12.0. The van der Waals surface area contributed by atoms with Crippen LogP contribution in [0.25, 0.3) is 0 Å². The standard InChI is InChI=1S/C19H22FN3O3S/c1-22(27(25,26)16-10-8-15(20)9-11-16)14-19(24)21-17-6-2-3-7-18(17)23-12-4-5-13-23/h2-3,6-11H,4-5,12-14H2,1H3,(H,21,24). The van der Waals surface area contributed by atoms with Gasteiger partial charge in [-0.15, -0.1) is 0 Å². The number of para-hydroxylation sites is 2. The van der Waals surface area contributed by atoms with Crippen molar-refractivity contribution >= 4 is 27.3 Å². The van der Waals surface area contributed by atoms with E-state index in [0.29, 0.717) is 5.69 Å². The van der Waals surface area contributed by atoms with Crippen LogP contribution in [-0.2, 0) is 14.8 Å². The van der Waals surface area contributed by atoms with Gasteiger partial charge < -0.3 is 10.2 Å². The Labute approximate surface area is 158 Å². The zero-order chi connectivity index (χ0) is 19.4. The molecule has 0 radical (unpaired) electrons. The predicted molar refractivity (Wildman–Crippen MR) is 103 cm³/mol. The van der Waals surface area contributed by atoms with Crippen molar-refractivity contribution in [1.82, 2.24) is 4.31 Å². The van der Waals surface area contributed by atoms with Gasteiger partial charge in [0.1, 0.15) is 5.82 Å². The Balaban J connectivity index is 1.70. The first-order chi connectivity index (χ1) is 12.9. The van der Waals surface area contributed by atoms with Crippen molar-refractivity contribution in [2.75, 3.05) is 36.9 Å². The summed E-state index contributed by atoms with van der Waals surface area (Å²) in [4.78, 5) is 14.6. The summed E-state index contributed by atoms with van der Waals surface area (Å²) < 4.78 is 39.0. The molecule has 2 aromatic carbocycles. The third-order valence-electron chi connectivity index (χ3n) is 4.51. The molecule has 1 N–H and O–H groups in total. The van der Waals surface area contributed by atoms with Gasteiger partial charge in [-0.05, 0) is 49.2 Å². The summed E-state index contributed by atoms with van der Waals surface area (Å²) in [6.07, 6.45) is 2.22. The van der Waals surface area contributed by atoms with Gasteiger partial charge in [-0.2, -0.15) is 4.31 Å². The summed E-state index contributed by atoms with van der Waals surface area (Å²) in [5, 5.41) is 2.80. The van der Waals surface area contributed by atoms with Crippen molar-refractivity contribution in [3.8, 4) is 0 Å². The monoisotopic (exact) mass is 391 g/mol. The molecule has 1 saturated heterocycles. The molecule has 0 unspecified atom stereocenters. The summed E-state index contributed by atoms with van der Waals surface area (Å²) in [5.74, 6) is -0.956. The largest absolute Gasteiger partial charge is 0.370 e. The Morgan fingerprint density at radius 2 is 1.74 bits per heavy atom. The van der Waals surface area contributed by atoms with Gasteiger partial charge in [-0.1, -0.05) is 12.1 Å². The van der Waals surface area contributed by atoms with Crippen LogP contribution in [0.15, 0.2) is 53.4 Å². The van der Waals surface area contributed by atoms with E-state index in [1.165, 1.54) is 19.2 Å². The number of anilines is 2. The molecular weight excluding hydrogens is 369 g/mol. The first-order valence-electron chi connectivity index (χ1n) is 8.73. The number of amides is 1. The fourth-order valence-corrected chi connectivity index (χ4v) is 4.20. The van der Waals surface area contributed by atoms with Crippen molar-refractivity contribution < 1.29 is 17.6 Å². The van der Waals surface area contributed by atoms with E-state index in [4.69, 9.17) is 0 Å². The number of hydrogen-bond donors (Lipinski definition) is 1. The molecule has 0 atom stereocenters. The van der Waals surface area contributed by atoms with E-state index in [9.17, 15) is 17.6 Å². The molecule has 27 heavy (non-hydrogen) atoms. The van der Waals surface area contributed by atoms with Crippen molar-refractivity contribution in [1.29, 1.82) is 0 Å². The highest BCUT2D eigenvalue weighted by molar-refractivity contribution is 7.89. The maximum atomic E-state index is 13.0. The van der Waals surface area contributed by atoms with Crippen molar-refractivity contribution in [2.24, 2.45) is 0 Å². The zero-order valence-corrected chi connectivity index (χ0v) is 15.9. The van der Waals surface area contributed by atoms with Crippen LogP contribution in [0.4, 0.5) is 15.8 Å². The number of rotatable bonds is 6. The second-order valence-electron chi connectivity index (χ2n) is 6.47. The van der Waals surface area contributed by atoms with E-state index in [1.54, 1.807) is 6.07 Å². The summed E-state index contributed by atoms with van der Waals surface area (Å²) in [7, 11) is -2.55. The number of sulfonamides is 1. The molecule has 0 saturated carbocycles. The summed E-state index contributed by atoms with van der Waals surface area (Å²) >= 11 is 0. The van der Waals surface area contributed by atoms with Crippen LogP contribution < -0.4 is 10.2 Å². The van der Waals surface area contributed by atoms with E-state index in [-0.39, 0.29) is 11.4 Å². The molecule has 0 aromatic heterocycles. The van der Waals surface area contributed by atoms with E-state index >= 15 is 0 Å². The van der Waals surface area contributed by atoms with E-state index in [0.717, 1.165) is 48.1 Å². The molecule has 0 bridgehead atoms. The fraction of sp³-hybridized carbons (Fsp3) is 0.316. The Morgan fingerprint density at radius 1 is 1.11 bits per heavy atom. The predicted octanol–water partition coefficient (Wildman–Crippen LogP) is 2.69. The first kappa shape index (κ1) is 19.3.